The lowest BCUT2D eigenvalue weighted by atomic mass is 9.72. The maximum atomic E-state index is 6.97. The molecule has 0 saturated carbocycles. The molecule has 0 unspecified atom stereocenters. The third-order valence-electron chi connectivity index (χ3n) is 15.8. The van der Waals surface area contributed by atoms with Gasteiger partial charge in [0.15, 0.2) is 0 Å². The molecule has 66 heavy (non-hydrogen) atoms. The van der Waals surface area contributed by atoms with Gasteiger partial charge in [0.05, 0.1) is 0 Å². The maximum Gasteiger partial charge on any atom is 0.144 e. The number of para-hydroxylation sites is 3. The van der Waals surface area contributed by atoms with Crippen molar-refractivity contribution in [2.45, 2.75) is 51.6 Å². The zero-order valence-corrected chi connectivity index (χ0v) is 39.0. The van der Waals surface area contributed by atoms with Gasteiger partial charge in [0.25, 0.3) is 0 Å². The van der Waals surface area contributed by atoms with Crippen LogP contribution in [0.2, 0.25) is 13.1 Å². The highest BCUT2D eigenvalue weighted by molar-refractivity contribution is 7.04. The van der Waals surface area contributed by atoms with E-state index in [9.17, 15) is 0 Å². The van der Waals surface area contributed by atoms with Crippen LogP contribution in [0.25, 0.3) is 88.4 Å². The highest BCUT2D eigenvalue weighted by Gasteiger charge is 2.49. The van der Waals surface area contributed by atoms with Crippen LogP contribution in [0, 0.1) is 0 Å². The van der Waals surface area contributed by atoms with Crippen LogP contribution < -0.4 is 15.3 Å². The SMILES string of the molecule is CC1(C)c2ccccc2-c2c1c1c(c3c2oc2ccccc23)-c2ccc(N(c3ccccc3)c3ccc4c(c3)[Si](C)(C)c3cc(-c5ccccc5)c5oc6ccccc6c5c3-4)cc2C1(C)C. The summed E-state index contributed by atoms with van der Waals surface area (Å²) in [4.78, 5) is 2.48. The first-order chi connectivity index (χ1) is 32.0. The van der Waals surface area contributed by atoms with Crippen molar-refractivity contribution in [3.63, 3.8) is 0 Å². The van der Waals surface area contributed by atoms with Gasteiger partial charge in [-0.1, -0.05) is 168 Å². The molecule has 4 heteroatoms. The van der Waals surface area contributed by atoms with Crippen LogP contribution in [0.3, 0.4) is 0 Å². The van der Waals surface area contributed by atoms with Crippen molar-refractivity contribution >= 4 is 79.4 Å². The van der Waals surface area contributed by atoms with Gasteiger partial charge in [-0.3, -0.25) is 0 Å². The second-order valence-electron chi connectivity index (χ2n) is 20.4. The normalized spacial score (nSPS) is 15.5. The second kappa shape index (κ2) is 12.9. The second-order valence-corrected chi connectivity index (χ2v) is 24.7. The monoisotopic (exact) mass is 865 g/mol. The molecule has 3 nitrogen and oxygen atoms in total. The van der Waals surface area contributed by atoms with Gasteiger partial charge >= 0.3 is 0 Å². The fourth-order valence-corrected chi connectivity index (χ4v) is 15.8. The summed E-state index contributed by atoms with van der Waals surface area (Å²) in [5, 5.41) is 7.72. The Labute approximate surface area is 385 Å². The number of hydrogen-bond donors (Lipinski definition) is 0. The first-order valence-corrected chi connectivity index (χ1v) is 26.3. The van der Waals surface area contributed by atoms with Crippen molar-refractivity contribution in [1.29, 1.82) is 0 Å². The van der Waals surface area contributed by atoms with Crippen LogP contribution in [0.15, 0.2) is 185 Å². The number of fused-ring (bicyclic) bond motifs is 19. The lowest BCUT2D eigenvalue weighted by molar-refractivity contribution is 0.600. The molecule has 0 saturated heterocycles. The topological polar surface area (TPSA) is 29.5 Å². The Balaban J connectivity index is 0.984. The molecule has 0 radical (unpaired) electrons. The maximum absolute atomic E-state index is 6.97. The van der Waals surface area contributed by atoms with Crippen LogP contribution in [0.5, 0.6) is 0 Å². The molecular formula is C62H47NO2Si. The minimum atomic E-state index is -2.26. The average Bonchev–Trinajstić information content (AvgIpc) is 4.09. The van der Waals surface area contributed by atoms with Crippen LogP contribution in [0.4, 0.5) is 17.1 Å². The van der Waals surface area contributed by atoms with Crippen molar-refractivity contribution in [2.24, 2.45) is 0 Å². The zero-order valence-electron chi connectivity index (χ0n) is 38.0. The lowest BCUT2D eigenvalue weighted by Gasteiger charge is -2.32. The van der Waals surface area contributed by atoms with E-state index in [1.165, 1.54) is 104 Å². The van der Waals surface area contributed by atoms with Gasteiger partial charge in [0.2, 0.25) is 0 Å². The van der Waals surface area contributed by atoms with Gasteiger partial charge in [0.1, 0.15) is 30.4 Å². The van der Waals surface area contributed by atoms with Crippen molar-refractivity contribution in [3.05, 3.63) is 198 Å². The summed E-state index contributed by atoms with van der Waals surface area (Å²) in [7, 11) is -2.26. The average molecular weight is 866 g/mol. The summed E-state index contributed by atoms with van der Waals surface area (Å²) >= 11 is 0. The summed E-state index contributed by atoms with van der Waals surface area (Å²) in [6.45, 7) is 14.8. The van der Waals surface area contributed by atoms with E-state index in [1.54, 1.807) is 0 Å². The summed E-state index contributed by atoms with van der Waals surface area (Å²) in [5.41, 5.74) is 22.5. The first kappa shape index (κ1) is 37.9. The third kappa shape index (κ3) is 4.77. The fraction of sp³-hybridized carbons (Fsp3) is 0.129. The molecule has 0 bridgehead atoms. The summed E-state index contributed by atoms with van der Waals surface area (Å²) in [5.74, 6) is 0. The minimum absolute atomic E-state index is 0.212. The van der Waals surface area contributed by atoms with Gasteiger partial charge < -0.3 is 13.7 Å². The van der Waals surface area contributed by atoms with Gasteiger partial charge in [-0.25, -0.2) is 0 Å². The van der Waals surface area contributed by atoms with Crippen LogP contribution >= 0.6 is 0 Å². The standard InChI is InChI=1S/C62H47NO2Si/c1-61(2)46-26-16-13-23-40(46)56-58(61)57-53(55-43-25-15-18-28-49(43)65-60(55)56)41-31-29-38(33-47(41)62(57,3)4)63(37-21-11-8-12-22-37)39-30-32-44-50(34-39)66(5,6)51-35-45(36-19-9-7-10-20-36)59-54(52(44)51)42-24-14-17-27-48(42)64-59/h7-35H,1-6H3. The zero-order chi connectivity index (χ0) is 44.4. The Morgan fingerprint density at radius 2 is 0.955 bits per heavy atom. The van der Waals surface area contributed by atoms with Gasteiger partial charge in [-0.05, 0) is 115 Å². The summed E-state index contributed by atoms with van der Waals surface area (Å²) < 4.78 is 13.8. The van der Waals surface area contributed by atoms with Crippen molar-refractivity contribution in [2.75, 3.05) is 4.90 Å². The van der Waals surface area contributed by atoms with Crippen molar-refractivity contribution in [3.8, 4) is 44.5 Å². The van der Waals surface area contributed by atoms with E-state index >= 15 is 0 Å². The smallest absolute Gasteiger partial charge is 0.144 e. The molecule has 3 aliphatic rings. The summed E-state index contributed by atoms with van der Waals surface area (Å²) in [6, 6.07) is 64.9. The largest absolute Gasteiger partial charge is 0.455 e. The molecule has 316 valence electrons. The molecule has 0 fully saturated rings. The quantitative estimate of drug-likeness (QED) is 0.165. The van der Waals surface area contributed by atoms with E-state index in [0.717, 1.165) is 33.7 Å². The Hall–Kier alpha value is -7.40. The molecule has 2 aromatic heterocycles. The number of nitrogens with zero attached hydrogens (tertiary/aromatic N) is 1. The number of rotatable bonds is 4. The molecule has 1 aliphatic heterocycles. The Bertz CT molecular complexity index is 3910. The Morgan fingerprint density at radius 1 is 0.409 bits per heavy atom. The molecule has 3 heterocycles. The van der Waals surface area contributed by atoms with E-state index in [2.05, 4.69) is 222 Å². The predicted molar refractivity (Wildman–Crippen MR) is 278 cm³/mol. The molecule has 14 rings (SSSR count). The molecule has 0 atom stereocenters. The molecule has 0 spiro atoms. The minimum Gasteiger partial charge on any atom is -0.455 e. The highest BCUT2D eigenvalue weighted by Crippen LogP contribution is 2.63. The van der Waals surface area contributed by atoms with E-state index < -0.39 is 8.07 Å². The number of hydrogen-bond acceptors (Lipinski definition) is 3. The Kier molecular flexibility index (Phi) is 7.41. The number of anilines is 3. The Morgan fingerprint density at radius 3 is 1.68 bits per heavy atom. The van der Waals surface area contributed by atoms with E-state index in [1.807, 2.05) is 0 Å². The molecule has 9 aromatic carbocycles. The van der Waals surface area contributed by atoms with E-state index in [0.29, 0.717) is 0 Å². The third-order valence-corrected chi connectivity index (χ3v) is 19.3. The molecule has 2 aliphatic carbocycles. The van der Waals surface area contributed by atoms with Gasteiger partial charge in [-0.2, -0.15) is 0 Å². The molecule has 0 amide bonds. The summed E-state index contributed by atoms with van der Waals surface area (Å²) in [6.07, 6.45) is 0. The number of benzene rings is 9. The fourth-order valence-electron chi connectivity index (χ4n) is 12.7. The first-order valence-electron chi connectivity index (χ1n) is 23.3. The van der Waals surface area contributed by atoms with Crippen LogP contribution in [-0.2, 0) is 10.8 Å². The van der Waals surface area contributed by atoms with Crippen molar-refractivity contribution < 1.29 is 8.83 Å². The van der Waals surface area contributed by atoms with Crippen molar-refractivity contribution in [1.82, 2.24) is 0 Å². The number of furan rings is 2. The molecule has 11 aromatic rings. The van der Waals surface area contributed by atoms with Gasteiger partial charge in [-0.15, -0.1) is 0 Å². The van der Waals surface area contributed by atoms with E-state index in [4.69, 9.17) is 8.83 Å². The van der Waals surface area contributed by atoms with Crippen LogP contribution in [0.1, 0.15) is 49.9 Å². The van der Waals surface area contributed by atoms with Gasteiger partial charge in [0, 0.05) is 60.6 Å². The van der Waals surface area contributed by atoms with E-state index in [-0.39, 0.29) is 10.8 Å². The van der Waals surface area contributed by atoms with Crippen LogP contribution in [-0.4, -0.2) is 8.07 Å². The molecular weight excluding hydrogens is 819 g/mol. The lowest BCUT2D eigenvalue weighted by Crippen LogP contribution is -2.49. The molecule has 0 N–H and O–H groups in total. The predicted octanol–water partition coefficient (Wildman–Crippen LogP) is 16.0. The highest BCUT2D eigenvalue weighted by atomic mass is 28.3.